The van der Waals surface area contributed by atoms with Crippen LogP contribution in [-0.2, 0) is 9.47 Å². The van der Waals surface area contributed by atoms with Gasteiger partial charge in [-0.25, -0.2) is 0 Å². The summed E-state index contributed by atoms with van der Waals surface area (Å²) in [5.41, 5.74) is 0. The van der Waals surface area contributed by atoms with Gasteiger partial charge < -0.3 is 9.47 Å². The van der Waals surface area contributed by atoms with Crippen LogP contribution in [-0.4, -0.2) is 20.5 Å². The molecule has 100 valence electrons. The minimum absolute atomic E-state index is 0.0148. The Hall–Kier alpha value is -0.600. The molecule has 0 aromatic heterocycles. The lowest BCUT2D eigenvalue weighted by Gasteiger charge is -2.12. The first kappa shape index (κ1) is 16.4. The smallest absolute Gasteiger partial charge is 0.156 e. The van der Waals surface area contributed by atoms with E-state index in [-0.39, 0.29) is 6.29 Å². The normalized spacial score (nSPS) is 11.5. The van der Waals surface area contributed by atoms with Gasteiger partial charge in [0.2, 0.25) is 0 Å². The number of methoxy groups -OCH3 is 2. The Kier molecular flexibility index (Phi) is 13.0. The van der Waals surface area contributed by atoms with E-state index in [1.165, 1.54) is 44.9 Å². The van der Waals surface area contributed by atoms with Gasteiger partial charge in [-0.05, 0) is 25.7 Å². The molecule has 0 saturated heterocycles. The Bertz CT molecular complexity index is 183. The fraction of sp³-hybridized carbons (Fsp3) is 0.733. The highest BCUT2D eigenvalue weighted by molar-refractivity contribution is 4.96. The van der Waals surface area contributed by atoms with Gasteiger partial charge in [-0.15, -0.1) is 0 Å². The second-order valence-electron chi connectivity index (χ2n) is 4.26. The van der Waals surface area contributed by atoms with Crippen LogP contribution < -0.4 is 0 Å². The molecule has 0 fully saturated rings. The van der Waals surface area contributed by atoms with Crippen molar-refractivity contribution in [3.8, 4) is 0 Å². The molecule has 0 aromatic rings. The molecule has 0 atom stereocenters. The Morgan fingerprint density at radius 3 is 2.12 bits per heavy atom. The van der Waals surface area contributed by atoms with Crippen LogP contribution in [0.2, 0.25) is 0 Å². The molecule has 0 rings (SSSR count). The van der Waals surface area contributed by atoms with Crippen molar-refractivity contribution in [2.45, 2.75) is 57.7 Å². The summed E-state index contributed by atoms with van der Waals surface area (Å²) < 4.78 is 10.3. The van der Waals surface area contributed by atoms with Crippen molar-refractivity contribution < 1.29 is 9.47 Å². The minimum atomic E-state index is -0.0148. The zero-order valence-electron chi connectivity index (χ0n) is 11.5. The molecule has 0 saturated carbocycles. The van der Waals surface area contributed by atoms with Crippen molar-refractivity contribution >= 4 is 0 Å². The van der Waals surface area contributed by atoms with E-state index in [9.17, 15) is 0 Å². The average Bonchev–Trinajstić information content (AvgIpc) is 2.36. The Morgan fingerprint density at radius 1 is 0.941 bits per heavy atom. The third-order valence-corrected chi connectivity index (χ3v) is 2.86. The lowest BCUT2D eigenvalue weighted by Crippen LogP contribution is -2.12. The summed E-state index contributed by atoms with van der Waals surface area (Å²) in [6, 6.07) is 0. The fourth-order valence-electron chi connectivity index (χ4n) is 1.80. The van der Waals surface area contributed by atoms with E-state index >= 15 is 0 Å². The maximum atomic E-state index is 5.14. The van der Waals surface area contributed by atoms with E-state index in [2.05, 4.69) is 12.7 Å². The van der Waals surface area contributed by atoms with Gasteiger partial charge in [-0.1, -0.05) is 50.5 Å². The largest absolute Gasteiger partial charge is 0.356 e. The summed E-state index contributed by atoms with van der Waals surface area (Å²) in [6.07, 6.45) is 16.0. The molecule has 0 spiro atoms. The summed E-state index contributed by atoms with van der Waals surface area (Å²) in [6.45, 7) is 3.65. The van der Waals surface area contributed by atoms with Crippen LogP contribution in [0.5, 0.6) is 0 Å². The average molecular weight is 240 g/mol. The van der Waals surface area contributed by atoms with Gasteiger partial charge in [0.1, 0.15) is 0 Å². The van der Waals surface area contributed by atoms with Crippen molar-refractivity contribution in [2.24, 2.45) is 0 Å². The summed E-state index contributed by atoms with van der Waals surface area (Å²) >= 11 is 0. The molecule has 0 aliphatic carbocycles. The quantitative estimate of drug-likeness (QED) is 0.285. The van der Waals surface area contributed by atoms with Crippen molar-refractivity contribution in [1.82, 2.24) is 0 Å². The SMILES string of the molecule is C=C/C=C\CCCCCCCCC(OC)OC. The first-order valence-corrected chi connectivity index (χ1v) is 6.68. The molecule has 0 bridgehead atoms. The highest BCUT2D eigenvalue weighted by Crippen LogP contribution is 2.11. The van der Waals surface area contributed by atoms with Crippen LogP contribution in [0, 0.1) is 0 Å². The lowest BCUT2D eigenvalue weighted by atomic mass is 10.1. The molecule has 0 unspecified atom stereocenters. The number of ether oxygens (including phenoxy) is 2. The maximum Gasteiger partial charge on any atom is 0.156 e. The van der Waals surface area contributed by atoms with Crippen LogP contribution >= 0.6 is 0 Å². The molecular weight excluding hydrogens is 212 g/mol. The van der Waals surface area contributed by atoms with Crippen LogP contribution in [0.25, 0.3) is 0 Å². The third kappa shape index (κ3) is 11.7. The second kappa shape index (κ2) is 13.5. The van der Waals surface area contributed by atoms with E-state index in [4.69, 9.17) is 9.47 Å². The van der Waals surface area contributed by atoms with Gasteiger partial charge in [0, 0.05) is 14.2 Å². The number of allylic oxidation sites excluding steroid dienone is 3. The van der Waals surface area contributed by atoms with Crippen molar-refractivity contribution in [3.63, 3.8) is 0 Å². The molecule has 0 aromatic carbocycles. The van der Waals surface area contributed by atoms with E-state index < -0.39 is 0 Å². The molecule has 0 heterocycles. The molecule has 2 nitrogen and oxygen atoms in total. The molecule has 0 N–H and O–H groups in total. The Morgan fingerprint density at radius 2 is 1.53 bits per heavy atom. The van der Waals surface area contributed by atoms with Gasteiger partial charge in [-0.3, -0.25) is 0 Å². The van der Waals surface area contributed by atoms with Gasteiger partial charge in [0.15, 0.2) is 6.29 Å². The van der Waals surface area contributed by atoms with E-state index in [1.54, 1.807) is 14.2 Å². The predicted octanol–water partition coefficient (Wildman–Crippen LogP) is 4.47. The van der Waals surface area contributed by atoms with Crippen LogP contribution in [0.4, 0.5) is 0 Å². The number of hydrogen-bond donors (Lipinski definition) is 0. The molecule has 2 heteroatoms. The summed E-state index contributed by atoms with van der Waals surface area (Å²) in [5.74, 6) is 0. The van der Waals surface area contributed by atoms with Crippen molar-refractivity contribution in [1.29, 1.82) is 0 Å². The van der Waals surface area contributed by atoms with E-state index in [0.29, 0.717) is 0 Å². The summed E-state index contributed by atoms with van der Waals surface area (Å²) in [4.78, 5) is 0. The monoisotopic (exact) mass is 240 g/mol. The highest BCUT2D eigenvalue weighted by atomic mass is 16.7. The minimum Gasteiger partial charge on any atom is -0.356 e. The second-order valence-corrected chi connectivity index (χ2v) is 4.26. The molecular formula is C15H28O2. The first-order chi connectivity index (χ1) is 8.35. The lowest BCUT2D eigenvalue weighted by molar-refractivity contribution is -0.107. The van der Waals surface area contributed by atoms with Gasteiger partial charge in [0.25, 0.3) is 0 Å². The molecule has 0 aliphatic rings. The zero-order valence-corrected chi connectivity index (χ0v) is 11.5. The van der Waals surface area contributed by atoms with E-state index in [1.807, 2.05) is 12.2 Å². The fourth-order valence-corrected chi connectivity index (χ4v) is 1.80. The van der Waals surface area contributed by atoms with E-state index in [0.717, 1.165) is 6.42 Å². The third-order valence-electron chi connectivity index (χ3n) is 2.86. The van der Waals surface area contributed by atoms with Crippen LogP contribution in [0.1, 0.15) is 51.4 Å². The zero-order chi connectivity index (χ0) is 12.8. The van der Waals surface area contributed by atoms with Crippen molar-refractivity contribution in [2.75, 3.05) is 14.2 Å². The number of rotatable bonds is 12. The molecule has 17 heavy (non-hydrogen) atoms. The summed E-state index contributed by atoms with van der Waals surface area (Å²) in [7, 11) is 3.40. The topological polar surface area (TPSA) is 18.5 Å². The predicted molar refractivity (Wildman–Crippen MR) is 74.1 cm³/mol. The van der Waals surface area contributed by atoms with Crippen LogP contribution in [0.15, 0.2) is 24.8 Å². The first-order valence-electron chi connectivity index (χ1n) is 6.68. The van der Waals surface area contributed by atoms with Crippen LogP contribution in [0.3, 0.4) is 0 Å². The maximum absolute atomic E-state index is 5.14. The molecule has 0 amide bonds. The molecule has 0 aliphatic heterocycles. The standard InChI is InChI=1S/C15H28O2/c1-4-5-6-7-8-9-10-11-12-13-14-15(16-2)17-3/h4-6,15H,1,7-14H2,2-3H3/b6-5-. The Labute approximate surface area is 107 Å². The van der Waals surface area contributed by atoms with Gasteiger partial charge in [0.05, 0.1) is 0 Å². The number of hydrogen-bond acceptors (Lipinski definition) is 2. The van der Waals surface area contributed by atoms with Crippen molar-refractivity contribution in [3.05, 3.63) is 24.8 Å². The number of unbranched alkanes of at least 4 members (excludes halogenated alkanes) is 6. The molecule has 0 radical (unpaired) electrons. The highest BCUT2D eigenvalue weighted by Gasteiger charge is 2.03. The van der Waals surface area contributed by atoms with Gasteiger partial charge in [-0.2, -0.15) is 0 Å². The van der Waals surface area contributed by atoms with Gasteiger partial charge >= 0.3 is 0 Å². The summed E-state index contributed by atoms with van der Waals surface area (Å²) in [5, 5.41) is 0. The Balaban J connectivity index is 3.13.